The summed E-state index contributed by atoms with van der Waals surface area (Å²) in [6.07, 6.45) is 1.06. The van der Waals surface area contributed by atoms with Gasteiger partial charge in [0.05, 0.1) is 12.2 Å². The van der Waals surface area contributed by atoms with Crippen molar-refractivity contribution in [3.63, 3.8) is 0 Å². The van der Waals surface area contributed by atoms with Gasteiger partial charge >= 0.3 is 0 Å². The maximum absolute atomic E-state index is 4.81. The molecule has 0 amide bonds. The van der Waals surface area contributed by atoms with Gasteiger partial charge in [-0.05, 0) is 24.6 Å². The number of fused-ring (bicyclic) bond motifs is 1. The molecule has 0 fully saturated rings. The van der Waals surface area contributed by atoms with Crippen LogP contribution >= 0.6 is 11.3 Å². The summed E-state index contributed by atoms with van der Waals surface area (Å²) in [5, 5.41) is 4.72. The SMILES string of the molecule is CC(C)CNCc1nc2c(s1)CN(c1ccccc1)CC2. The van der Waals surface area contributed by atoms with Crippen LogP contribution in [0.4, 0.5) is 5.69 Å². The molecular weight excluding hydrogens is 278 g/mol. The van der Waals surface area contributed by atoms with E-state index >= 15 is 0 Å². The number of hydrogen-bond donors (Lipinski definition) is 1. The minimum Gasteiger partial charge on any atom is -0.366 e. The van der Waals surface area contributed by atoms with Crippen molar-refractivity contribution in [2.75, 3.05) is 18.0 Å². The predicted octanol–water partition coefficient (Wildman–Crippen LogP) is 3.45. The highest BCUT2D eigenvalue weighted by Crippen LogP contribution is 2.28. The van der Waals surface area contributed by atoms with E-state index in [1.54, 1.807) is 0 Å². The van der Waals surface area contributed by atoms with Crippen molar-refractivity contribution in [1.82, 2.24) is 10.3 Å². The van der Waals surface area contributed by atoms with Crippen LogP contribution in [0.25, 0.3) is 0 Å². The van der Waals surface area contributed by atoms with E-state index in [-0.39, 0.29) is 0 Å². The zero-order valence-corrected chi connectivity index (χ0v) is 13.6. The molecule has 0 atom stereocenters. The molecule has 3 rings (SSSR count). The van der Waals surface area contributed by atoms with Crippen LogP contribution in [0.15, 0.2) is 30.3 Å². The summed E-state index contributed by atoms with van der Waals surface area (Å²) < 4.78 is 0. The molecule has 0 saturated carbocycles. The van der Waals surface area contributed by atoms with E-state index in [0.29, 0.717) is 5.92 Å². The van der Waals surface area contributed by atoms with Crippen LogP contribution in [0.3, 0.4) is 0 Å². The van der Waals surface area contributed by atoms with Crippen LogP contribution in [0, 0.1) is 5.92 Å². The second-order valence-corrected chi connectivity index (χ2v) is 7.18. The average molecular weight is 301 g/mol. The van der Waals surface area contributed by atoms with Gasteiger partial charge in [-0.3, -0.25) is 0 Å². The second kappa shape index (κ2) is 6.58. The monoisotopic (exact) mass is 301 g/mol. The van der Waals surface area contributed by atoms with Crippen LogP contribution in [-0.2, 0) is 19.5 Å². The first kappa shape index (κ1) is 14.5. The molecule has 1 N–H and O–H groups in total. The molecule has 0 aliphatic carbocycles. The van der Waals surface area contributed by atoms with Gasteiger partial charge < -0.3 is 10.2 Å². The summed E-state index contributed by atoms with van der Waals surface area (Å²) >= 11 is 1.87. The lowest BCUT2D eigenvalue weighted by Crippen LogP contribution is -2.29. The van der Waals surface area contributed by atoms with E-state index in [0.717, 1.165) is 32.6 Å². The number of aromatic nitrogens is 1. The maximum Gasteiger partial charge on any atom is 0.107 e. The summed E-state index contributed by atoms with van der Waals surface area (Å²) in [6.45, 7) is 8.50. The van der Waals surface area contributed by atoms with Gasteiger partial charge in [0.2, 0.25) is 0 Å². The molecule has 0 bridgehead atoms. The van der Waals surface area contributed by atoms with E-state index in [2.05, 4.69) is 54.4 Å². The molecule has 1 aromatic heterocycles. The molecule has 1 aliphatic heterocycles. The molecule has 3 nitrogen and oxygen atoms in total. The third-order valence-corrected chi connectivity index (χ3v) is 4.81. The molecule has 1 aliphatic rings. The number of nitrogens with zero attached hydrogens (tertiary/aromatic N) is 2. The van der Waals surface area contributed by atoms with E-state index in [9.17, 15) is 0 Å². The van der Waals surface area contributed by atoms with Crippen LogP contribution in [0.5, 0.6) is 0 Å². The van der Waals surface area contributed by atoms with Crippen molar-refractivity contribution in [2.24, 2.45) is 5.92 Å². The Kier molecular flexibility index (Phi) is 4.56. The lowest BCUT2D eigenvalue weighted by atomic mass is 10.1. The highest BCUT2D eigenvalue weighted by Gasteiger charge is 2.20. The zero-order valence-electron chi connectivity index (χ0n) is 12.8. The Labute approximate surface area is 131 Å². The Hall–Kier alpha value is -1.39. The Morgan fingerprint density at radius 3 is 2.86 bits per heavy atom. The molecule has 0 spiro atoms. The van der Waals surface area contributed by atoms with Gasteiger partial charge in [0.25, 0.3) is 0 Å². The molecule has 112 valence electrons. The molecule has 21 heavy (non-hydrogen) atoms. The number of benzene rings is 1. The average Bonchev–Trinajstić information content (AvgIpc) is 2.89. The highest BCUT2D eigenvalue weighted by atomic mass is 32.1. The van der Waals surface area contributed by atoms with E-state index in [4.69, 9.17) is 4.98 Å². The fourth-order valence-electron chi connectivity index (χ4n) is 2.65. The van der Waals surface area contributed by atoms with Gasteiger partial charge in [0.15, 0.2) is 0 Å². The maximum atomic E-state index is 4.81. The molecular formula is C17H23N3S. The fourth-order valence-corrected chi connectivity index (χ4v) is 3.75. The highest BCUT2D eigenvalue weighted by molar-refractivity contribution is 7.11. The number of nitrogens with one attached hydrogen (secondary N) is 1. The van der Waals surface area contributed by atoms with Gasteiger partial charge in [-0.25, -0.2) is 4.98 Å². The first-order chi connectivity index (χ1) is 10.2. The lowest BCUT2D eigenvalue weighted by Gasteiger charge is -2.28. The van der Waals surface area contributed by atoms with Crippen molar-refractivity contribution >= 4 is 17.0 Å². The second-order valence-electron chi connectivity index (χ2n) is 6.01. The van der Waals surface area contributed by atoms with Crippen LogP contribution in [0.2, 0.25) is 0 Å². The Morgan fingerprint density at radius 1 is 1.29 bits per heavy atom. The topological polar surface area (TPSA) is 28.2 Å². The van der Waals surface area contributed by atoms with Crippen molar-refractivity contribution in [3.8, 4) is 0 Å². The van der Waals surface area contributed by atoms with Gasteiger partial charge in [0, 0.05) is 30.1 Å². The van der Waals surface area contributed by atoms with Crippen molar-refractivity contribution in [3.05, 3.63) is 45.9 Å². The number of thiazole rings is 1. The zero-order chi connectivity index (χ0) is 14.7. The largest absolute Gasteiger partial charge is 0.366 e. The molecule has 0 radical (unpaired) electrons. The summed E-state index contributed by atoms with van der Waals surface area (Å²) in [5.74, 6) is 0.688. The van der Waals surface area contributed by atoms with Gasteiger partial charge in [-0.2, -0.15) is 0 Å². The standard InChI is InChI=1S/C17H23N3S/c1-13(2)10-18-11-17-19-15-8-9-20(12-16(15)21-17)14-6-4-3-5-7-14/h3-7,13,18H,8-12H2,1-2H3. The van der Waals surface area contributed by atoms with Crippen LogP contribution in [-0.4, -0.2) is 18.1 Å². The van der Waals surface area contributed by atoms with Gasteiger partial charge in [-0.1, -0.05) is 32.0 Å². The predicted molar refractivity (Wildman–Crippen MR) is 89.9 cm³/mol. The van der Waals surface area contributed by atoms with Crippen molar-refractivity contribution < 1.29 is 0 Å². The first-order valence-corrected chi connectivity index (χ1v) is 8.52. The number of anilines is 1. The molecule has 0 unspecified atom stereocenters. The Bertz CT molecular complexity index is 577. The van der Waals surface area contributed by atoms with Gasteiger partial charge in [-0.15, -0.1) is 11.3 Å². The lowest BCUT2D eigenvalue weighted by molar-refractivity contribution is 0.551. The van der Waals surface area contributed by atoms with Crippen molar-refractivity contribution in [1.29, 1.82) is 0 Å². The molecule has 1 aromatic carbocycles. The summed E-state index contributed by atoms with van der Waals surface area (Å²) in [7, 11) is 0. The van der Waals surface area contributed by atoms with Crippen molar-refractivity contribution in [2.45, 2.75) is 33.4 Å². The number of hydrogen-bond acceptors (Lipinski definition) is 4. The number of para-hydroxylation sites is 1. The summed E-state index contributed by atoms with van der Waals surface area (Å²) in [5.41, 5.74) is 2.63. The summed E-state index contributed by atoms with van der Waals surface area (Å²) in [6, 6.07) is 10.7. The van der Waals surface area contributed by atoms with Crippen LogP contribution in [0.1, 0.15) is 29.4 Å². The molecule has 2 heterocycles. The third-order valence-electron chi connectivity index (χ3n) is 3.73. The van der Waals surface area contributed by atoms with E-state index in [1.807, 2.05) is 11.3 Å². The molecule has 2 aromatic rings. The number of rotatable bonds is 5. The first-order valence-electron chi connectivity index (χ1n) is 7.70. The minimum absolute atomic E-state index is 0.688. The third kappa shape index (κ3) is 3.63. The van der Waals surface area contributed by atoms with E-state index in [1.165, 1.54) is 21.3 Å². The quantitative estimate of drug-likeness (QED) is 0.917. The van der Waals surface area contributed by atoms with Gasteiger partial charge in [0.1, 0.15) is 5.01 Å². The van der Waals surface area contributed by atoms with Crippen LogP contribution < -0.4 is 10.2 Å². The Morgan fingerprint density at radius 2 is 2.10 bits per heavy atom. The fraction of sp³-hybridized carbons (Fsp3) is 0.471. The molecule has 0 saturated heterocycles. The van der Waals surface area contributed by atoms with E-state index < -0.39 is 0 Å². The summed E-state index contributed by atoms with van der Waals surface area (Å²) in [4.78, 5) is 8.69. The minimum atomic E-state index is 0.688. The molecule has 4 heteroatoms. The Balaban J connectivity index is 1.65. The normalized spacial score (nSPS) is 14.5. The smallest absolute Gasteiger partial charge is 0.107 e.